The van der Waals surface area contributed by atoms with E-state index < -0.39 is 0 Å². The van der Waals surface area contributed by atoms with Crippen molar-refractivity contribution < 1.29 is 4.42 Å². The van der Waals surface area contributed by atoms with Crippen LogP contribution in [0.25, 0.3) is 121 Å². The fraction of sp³-hybridized carbons (Fsp3) is 0.0625. The van der Waals surface area contributed by atoms with Crippen molar-refractivity contribution in [1.29, 1.82) is 0 Å². The third-order valence-corrected chi connectivity index (χ3v) is 14.9. The van der Waals surface area contributed by atoms with Crippen LogP contribution < -0.4 is 0 Å². The molecule has 304 valence electrons. The lowest BCUT2D eigenvalue weighted by Crippen LogP contribution is -2.14. The summed E-state index contributed by atoms with van der Waals surface area (Å²) in [5.41, 5.74) is 22.7. The molecular weight excluding hydrogens is 785 g/mol. The topological polar surface area (TPSA) is 13.1 Å². The lowest BCUT2D eigenvalue weighted by molar-refractivity contribution is 0.661. The molecule has 1 nitrogen and oxygen atoms in total. The Balaban J connectivity index is 0.934. The molecule has 1 heteroatoms. The highest BCUT2D eigenvalue weighted by molar-refractivity contribution is 6.23. The zero-order valence-electron chi connectivity index (χ0n) is 36.2. The summed E-state index contributed by atoms with van der Waals surface area (Å²) in [6.07, 6.45) is 0.945. The molecule has 0 saturated heterocycles. The molecule has 0 bridgehead atoms. The molecule has 0 atom stereocenters. The van der Waals surface area contributed by atoms with E-state index in [4.69, 9.17) is 4.42 Å². The van der Waals surface area contributed by atoms with Crippen molar-refractivity contribution in [1.82, 2.24) is 0 Å². The molecule has 0 fully saturated rings. The summed E-state index contributed by atoms with van der Waals surface area (Å²) in [7, 11) is 0. The molecule has 0 radical (unpaired) electrons. The molecule has 0 aliphatic heterocycles. The number of hydrogen-bond donors (Lipinski definition) is 0. The maximum atomic E-state index is 6.59. The molecular formula is C64H42O. The Labute approximate surface area is 377 Å². The Kier molecular flexibility index (Phi) is 7.58. The normalized spacial score (nSPS) is 13.4. The Hall–Kier alpha value is -8.00. The molecule has 0 spiro atoms. The van der Waals surface area contributed by atoms with Gasteiger partial charge in [-0.05, 0) is 158 Å². The molecule has 65 heavy (non-hydrogen) atoms. The average Bonchev–Trinajstić information content (AvgIpc) is 4.00. The van der Waals surface area contributed by atoms with E-state index in [1.54, 1.807) is 0 Å². The molecule has 2 aliphatic rings. The van der Waals surface area contributed by atoms with Gasteiger partial charge in [0.15, 0.2) is 0 Å². The molecule has 14 rings (SSSR count). The van der Waals surface area contributed by atoms with Gasteiger partial charge in [0, 0.05) is 16.2 Å². The predicted molar refractivity (Wildman–Crippen MR) is 274 cm³/mol. The van der Waals surface area contributed by atoms with Crippen molar-refractivity contribution >= 4 is 54.3 Å². The number of rotatable bonds is 4. The van der Waals surface area contributed by atoms with E-state index in [1.165, 1.54) is 121 Å². The Bertz CT molecular complexity index is 3950. The lowest BCUT2D eigenvalue weighted by Gasteiger charge is -2.21. The molecule has 0 amide bonds. The molecule has 0 unspecified atom stereocenters. The zero-order chi connectivity index (χ0) is 43.0. The summed E-state index contributed by atoms with van der Waals surface area (Å²) in [6.45, 7) is 4.72. The third-order valence-electron chi connectivity index (χ3n) is 14.9. The van der Waals surface area contributed by atoms with E-state index >= 15 is 0 Å². The highest BCUT2D eigenvalue weighted by Gasteiger charge is 2.36. The summed E-state index contributed by atoms with van der Waals surface area (Å²) in [6, 6.07) is 76.8. The van der Waals surface area contributed by atoms with Gasteiger partial charge in [-0.25, -0.2) is 0 Å². The van der Waals surface area contributed by atoms with Crippen LogP contribution in [0.5, 0.6) is 0 Å². The van der Waals surface area contributed by atoms with Crippen LogP contribution in [-0.2, 0) is 11.8 Å². The van der Waals surface area contributed by atoms with Crippen LogP contribution in [0.3, 0.4) is 0 Å². The first kappa shape index (κ1) is 36.5. The van der Waals surface area contributed by atoms with Crippen molar-refractivity contribution in [3.8, 4) is 66.8 Å². The zero-order valence-corrected chi connectivity index (χ0v) is 36.2. The Morgan fingerprint density at radius 2 is 0.862 bits per heavy atom. The molecule has 1 heterocycles. The van der Waals surface area contributed by atoms with Gasteiger partial charge < -0.3 is 4.42 Å². The van der Waals surface area contributed by atoms with E-state index in [9.17, 15) is 0 Å². The van der Waals surface area contributed by atoms with E-state index in [2.05, 4.69) is 220 Å². The summed E-state index contributed by atoms with van der Waals surface area (Å²) < 4.78 is 6.59. The van der Waals surface area contributed by atoms with Gasteiger partial charge in [0.1, 0.15) is 11.2 Å². The molecule has 1 aromatic heterocycles. The van der Waals surface area contributed by atoms with Crippen molar-refractivity contribution in [2.24, 2.45) is 0 Å². The van der Waals surface area contributed by atoms with Gasteiger partial charge in [0.2, 0.25) is 0 Å². The van der Waals surface area contributed by atoms with Crippen LogP contribution in [0, 0.1) is 0 Å². The summed E-state index contributed by atoms with van der Waals surface area (Å²) in [5.74, 6) is 0. The average molecular weight is 827 g/mol. The number of furan rings is 1. The molecule has 0 N–H and O–H groups in total. The van der Waals surface area contributed by atoms with Gasteiger partial charge >= 0.3 is 0 Å². The van der Waals surface area contributed by atoms with E-state index in [0.29, 0.717) is 0 Å². The molecule has 2 aliphatic carbocycles. The third kappa shape index (κ3) is 5.21. The number of benzene rings is 11. The van der Waals surface area contributed by atoms with E-state index in [-0.39, 0.29) is 5.41 Å². The quantitative estimate of drug-likeness (QED) is 0.161. The minimum Gasteiger partial charge on any atom is -0.456 e. The summed E-state index contributed by atoms with van der Waals surface area (Å²) in [4.78, 5) is 0. The van der Waals surface area contributed by atoms with Crippen molar-refractivity contribution in [3.05, 3.63) is 229 Å². The SMILES string of the molecule is CC1(C)c2ccc(-c3ccc4oc5ccc(-c6c7ccccc7c(-c7ccccc7-c7cccc8c7Cc7ccccc7-8)c7ccccc67)cc5c4c3)cc2-c2c1ccc1ccccc21. The first-order valence-electron chi connectivity index (χ1n) is 22.9. The smallest absolute Gasteiger partial charge is 0.135 e. The van der Waals surface area contributed by atoms with Crippen LogP contribution in [-0.4, -0.2) is 0 Å². The maximum absolute atomic E-state index is 6.59. The van der Waals surface area contributed by atoms with Crippen LogP contribution in [0.2, 0.25) is 0 Å². The fourth-order valence-corrected chi connectivity index (χ4v) is 11.9. The fourth-order valence-electron chi connectivity index (χ4n) is 11.9. The van der Waals surface area contributed by atoms with Crippen LogP contribution >= 0.6 is 0 Å². The van der Waals surface area contributed by atoms with Gasteiger partial charge in [-0.3, -0.25) is 0 Å². The predicted octanol–water partition coefficient (Wildman–Crippen LogP) is 17.6. The van der Waals surface area contributed by atoms with E-state index in [1.807, 2.05) is 0 Å². The second-order valence-electron chi connectivity index (χ2n) is 18.7. The minimum absolute atomic E-state index is 0.0700. The first-order chi connectivity index (χ1) is 32.0. The highest BCUT2D eigenvalue weighted by Crippen LogP contribution is 2.53. The minimum atomic E-state index is -0.0700. The van der Waals surface area contributed by atoms with Crippen molar-refractivity contribution in [3.63, 3.8) is 0 Å². The summed E-state index contributed by atoms with van der Waals surface area (Å²) in [5, 5.41) is 9.83. The molecule has 11 aromatic carbocycles. The Morgan fingerprint density at radius 3 is 1.60 bits per heavy atom. The van der Waals surface area contributed by atoms with Gasteiger partial charge in [-0.2, -0.15) is 0 Å². The van der Waals surface area contributed by atoms with Crippen LogP contribution in [0.15, 0.2) is 211 Å². The van der Waals surface area contributed by atoms with Crippen LogP contribution in [0.1, 0.15) is 36.1 Å². The van der Waals surface area contributed by atoms with Crippen molar-refractivity contribution in [2.75, 3.05) is 0 Å². The monoisotopic (exact) mass is 826 g/mol. The lowest BCUT2D eigenvalue weighted by atomic mass is 9.82. The van der Waals surface area contributed by atoms with Gasteiger partial charge in [0.25, 0.3) is 0 Å². The number of fused-ring (bicyclic) bond motifs is 13. The molecule has 0 saturated carbocycles. The molecule has 12 aromatic rings. The maximum Gasteiger partial charge on any atom is 0.135 e. The second-order valence-corrected chi connectivity index (χ2v) is 18.7. The van der Waals surface area contributed by atoms with Crippen molar-refractivity contribution in [2.45, 2.75) is 25.7 Å². The van der Waals surface area contributed by atoms with E-state index in [0.717, 1.165) is 28.4 Å². The van der Waals surface area contributed by atoms with Gasteiger partial charge in [0.05, 0.1) is 0 Å². The number of hydrogen-bond acceptors (Lipinski definition) is 1. The Morgan fingerprint density at radius 1 is 0.338 bits per heavy atom. The first-order valence-corrected chi connectivity index (χ1v) is 22.9. The van der Waals surface area contributed by atoms with Gasteiger partial charge in [-0.1, -0.05) is 190 Å². The van der Waals surface area contributed by atoms with Gasteiger partial charge in [-0.15, -0.1) is 0 Å². The van der Waals surface area contributed by atoms with Crippen LogP contribution in [0.4, 0.5) is 0 Å². The second kappa shape index (κ2) is 13.5. The summed E-state index contributed by atoms with van der Waals surface area (Å²) >= 11 is 0. The largest absolute Gasteiger partial charge is 0.456 e. The highest BCUT2D eigenvalue weighted by atomic mass is 16.3. The standard InChI is InChI=1S/C64H42O/c1-64(2)57-30-27-39(35-56(57)63-44-17-6-3-14-38(44)26-31-58(63)64)40-28-32-59-54(34-40)55-37-42(29-33-60(55)65-59)61-49-20-9-11-22-51(49)62(52-23-12-10-21-50(52)61)48-19-8-7-18-46(48)47-25-13-24-45-43-16-5-4-15-41(43)36-53(45)47/h3-35,37H,36H2,1-2H3.